The van der Waals surface area contributed by atoms with Crippen LogP contribution < -0.4 is 10.1 Å². The molecule has 2 heterocycles. The number of nitrogens with one attached hydrogen (secondary N) is 1. The fourth-order valence-electron chi connectivity index (χ4n) is 4.58. The van der Waals surface area contributed by atoms with Crippen molar-refractivity contribution in [1.82, 2.24) is 10.2 Å². The molecule has 0 spiro atoms. The van der Waals surface area contributed by atoms with Gasteiger partial charge in [-0.15, -0.1) is 0 Å². The predicted octanol–water partition coefficient (Wildman–Crippen LogP) is 2.10. The van der Waals surface area contributed by atoms with E-state index in [0.717, 1.165) is 5.56 Å². The topological polar surface area (TPSA) is 88.1 Å². The lowest BCUT2D eigenvalue weighted by molar-refractivity contribution is -0.145. The molecular weight excluding hydrogens is 408 g/mol. The van der Waals surface area contributed by atoms with Crippen LogP contribution in [0.4, 0.5) is 0 Å². The molecule has 2 amide bonds. The molecule has 4 rings (SSSR count). The average molecular weight is 439 g/mol. The molecule has 0 bridgehead atoms. The van der Waals surface area contributed by atoms with Gasteiger partial charge in [-0.05, 0) is 37.0 Å². The van der Waals surface area contributed by atoms with Crippen molar-refractivity contribution in [3.8, 4) is 5.75 Å². The Hall–Kier alpha value is -2.90. The summed E-state index contributed by atoms with van der Waals surface area (Å²) in [6.45, 7) is 1.67. The van der Waals surface area contributed by atoms with Gasteiger partial charge in [0, 0.05) is 32.2 Å². The number of aliphatic hydroxyl groups excluding tert-OH is 1. The second kappa shape index (κ2) is 10.1. The third-order valence-corrected chi connectivity index (χ3v) is 6.38. The summed E-state index contributed by atoms with van der Waals surface area (Å²) in [5.74, 6) is 0.289. The van der Waals surface area contributed by atoms with Gasteiger partial charge >= 0.3 is 0 Å². The summed E-state index contributed by atoms with van der Waals surface area (Å²) in [5, 5.41) is 14.3. The number of rotatable bonds is 6. The van der Waals surface area contributed by atoms with Crippen LogP contribution in [-0.4, -0.2) is 60.8 Å². The number of benzene rings is 2. The number of hydrogen-bond donors (Lipinski definition) is 2. The average Bonchev–Trinajstić information content (AvgIpc) is 2.85. The van der Waals surface area contributed by atoms with Crippen LogP contribution >= 0.6 is 0 Å². The van der Waals surface area contributed by atoms with Gasteiger partial charge in [0.25, 0.3) is 5.91 Å². The minimum atomic E-state index is -0.981. The van der Waals surface area contributed by atoms with Crippen LogP contribution in [0.5, 0.6) is 5.75 Å². The summed E-state index contributed by atoms with van der Waals surface area (Å²) >= 11 is 0. The monoisotopic (exact) mass is 438 g/mol. The van der Waals surface area contributed by atoms with Gasteiger partial charge in [-0.25, -0.2) is 0 Å². The highest BCUT2D eigenvalue weighted by Gasteiger charge is 2.46. The maximum atomic E-state index is 13.0. The van der Waals surface area contributed by atoms with Crippen molar-refractivity contribution in [3.63, 3.8) is 0 Å². The molecule has 0 aromatic heterocycles. The number of carbonyl (C=O) groups excluding carboxylic acids is 2. The maximum absolute atomic E-state index is 13.0. The largest absolute Gasteiger partial charge is 0.484 e. The van der Waals surface area contributed by atoms with E-state index in [9.17, 15) is 14.7 Å². The molecule has 0 radical (unpaired) electrons. The number of ether oxygens (including phenoxy) is 2. The van der Waals surface area contributed by atoms with E-state index < -0.39 is 11.6 Å². The van der Waals surface area contributed by atoms with Gasteiger partial charge in [0.2, 0.25) is 5.91 Å². The second-order valence-electron chi connectivity index (χ2n) is 8.42. The Bertz CT molecular complexity index is 901. The third kappa shape index (κ3) is 4.95. The van der Waals surface area contributed by atoms with Crippen LogP contribution in [-0.2, 0) is 19.9 Å². The number of hydrogen-bond acceptors (Lipinski definition) is 5. The van der Waals surface area contributed by atoms with Crippen LogP contribution in [0.3, 0.4) is 0 Å². The predicted molar refractivity (Wildman–Crippen MR) is 119 cm³/mol. The molecule has 2 aliphatic heterocycles. The molecule has 170 valence electrons. The molecule has 32 heavy (non-hydrogen) atoms. The van der Waals surface area contributed by atoms with Crippen LogP contribution in [0.1, 0.15) is 24.8 Å². The van der Waals surface area contributed by atoms with Crippen LogP contribution in [0, 0.1) is 5.92 Å². The van der Waals surface area contributed by atoms with Gasteiger partial charge in [-0.3, -0.25) is 9.59 Å². The van der Waals surface area contributed by atoms with Crippen LogP contribution in [0.2, 0.25) is 0 Å². The van der Waals surface area contributed by atoms with Gasteiger partial charge in [0.1, 0.15) is 5.75 Å². The molecule has 0 unspecified atom stereocenters. The van der Waals surface area contributed by atoms with Gasteiger partial charge < -0.3 is 24.8 Å². The number of β-amino-alcohol motifs (C(OH)–C–C–N with tert-alkyl or cyclic N) is 1. The number of para-hydroxylation sites is 1. The summed E-state index contributed by atoms with van der Waals surface area (Å²) in [6, 6.07) is 18.6. The van der Waals surface area contributed by atoms with E-state index in [0.29, 0.717) is 44.8 Å². The van der Waals surface area contributed by atoms with E-state index in [1.807, 2.05) is 48.5 Å². The van der Waals surface area contributed by atoms with Gasteiger partial charge in [0.05, 0.1) is 11.6 Å². The third-order valence-electron chi connectivity index (χ3n) is 6.38. The van der Waals surface area contributed by atoms with E-state index in [-0.39, 0.29) is 30.9 Å². The van der Waals surface area contributed by atoms with E-state index in [4.69, 9.17) is 9.47 Å². The summed E-state index contributed by atoms with van der Waals surface area (Å²) in [4.78, 5) is 27.5. The first-order chi connectivity index (χ1) is 15.6. The van der Waals surface area contributed by atoms with E-state index in [1.165, 1.54) is 0 Å². The Kier molecular flexibility index (Phi) is 7.07. The number of likely N-dealkylation sites (tertiary alicyclic amines) is 1. The fraction of sp³-hybridized carbons (Fsp3) is 0.440. The van der Waals surface area contributed by atoms with Crippen molar-refractivity contribution in [2.75, 3.05) is 32.9 Å². The summed E-state index contributed by atoms with van der Waals surface area (Å²) in [5.41, 5.74) is -0.163. The Morgan fingerprint density at radius 3 is 2.38 bits per heavy atom. The highest BCUT2D eigenvalue weighted by molar-refractivity contribution is 5.80. The van der Waals surface area contributed by atoms with E-state index in [1.54, 1.807) is 17.0 Å². The standard InChI is InChI=1S/C25H30N2O5/c28-22-17-27(24(30)19-11-15-31-16-12-19)14-13-25(22,20-7-3-1-4-8-20)26-23(29)18-32-21-9-5-2-6-10-21/h1-10,19,22,28H,11-18H2,(H,26,29)/t22-,25+/m1/s1. The molecule has 2 saturated heterocycles. The van der Waals surface area contributed by atoms with Crippen LogP contribution in [0.25, 0.3) is 0 Å². The zero-order chi connectivity index (χ0) is 22.4. The van der Waals surface area contributed by atoms with Crippen molar-refractivity contribution in [2.45, 2.75) is 30.9 Å². The highest BCUT2D eigenvalue weighted by atomic mass is 16.5. The molecule has 2 N–H and O–H groups in total. The number of nitrogens with zero attached hydrogens (tertiary/aromatic N) is 1. The number of aliphatic hydroxyl groups is 1. The molecule has 0 aliphatic carbocycles. The SMILES string of the molecule is O=C(COc1ccccc1)N[C@]1(c2ccccc2)CCN(C(=O)C2CCOCC2)C[C@H]1O. The lowest BCUT2D eigenvalue weighted by atomic mass is 9.78. The lowest BCUT2D eigenvalue weighted by Crippen LogP contribution is -2.63. The molecule has 7 nitrogen and oxygen atoms in total. The fourth-order valence-corrected chi connectivity index (χ4v) is 4.58. The first kappa shape index (κ1) is 22.3. The van der Waals surface area contributed by atoms with Crippen molar-refractivity contribution in [1.29, 1.82) is 0 Å². The van der Waals surface area contributed by atoms with E-state index >= 15 is 0 Å². The first-order valence-electron chi connectivity index (χ1n) is 11.2. The minimum Gasteiger partial charge on any atom is -0.484 e. The molecule has 2 aromatic carbocycles. The van der Waals surface area contributed by atoms with Gasteiger partial charge in [0.15, 0.2) is 6.61 Å². The van der Waals surface area contributed by atoms with Crippen LogP contribution in [0.15, 0.2) is 60.7 Å². The Morgan fingerprint density at radius 1 is 1.06 bits per heavy atom. The summed E-state index contributed by atoms with van der Waals surface area (Å²) in [7, 11) is 0. The smallest absolute Gasteiger partial charge is 0.258 e. The van der Waals surface area contributed by atoms with Crippen molar-refractivity contribution < 1.29 is 24.2 Å². The Balaban J connectivity index is 1.47. The van der Waals surface area contributed by atoms with Gasteiger partial charge in [-0.2, -0.15) is 0 Å². The number of amides is 2. The molecule has 2 atom stereocenters. The number of piperidine rings is 1. The van der Waals surface area contributed by atoms with Gasteiger partial charge in [-0.1, -0.05) is 48.5 Å². The molecule has 0 saturated carbocycles. The quantitative estimate of drug-likeness (QED) is 0.721. The minimum absolute atomic E-state index is 0.0611. The summed E-state index contributed by atoms with van der Waals surface area (Å²) in [6.07, 6.45) is 0.902. The second-order valence-corrected chi connectivity index (χ2v) is 8.42. The maximum Gasteiger partial charge on any atom is 0.258 e. The zero-order valence-electron chi connectivity index (χ0n) is 18.1. The number of carbonyl (C=O) groups is 2. The molecule has 7 heteroatoms. The van der Waals surface area contributed by atoms with Crippen molar-refractivity contribution in [2.24, 2.45) is 5.92 Å². The first-order valence-corrected chi connectivity index (χ1v) is 11.2. The summed E-state index contributed by atoms with van der Waals surface area (Å²) < 4.78 is 11.0. The molecule has 2 aliphatic rings. The Morgan fingerprint density at radius 2 is 1.72 bits per heavy atom. The molecule has 2 fully saturated rings. The highest BCUT2D eigenvalue weighted by Crippen LogP contribution is 2.34. The normalized spacial score (nSPS) is 24.0. The van der Waals surface area contributed by atoms with Crippen molar-refractivity contribution >= 4 is 11.8 Å². The van der Waals surface area contributed by atoms with Crippen molar-refractivity contribution in [3.05, 3.63) is 66.2 Å². The zero-order valence-corrected chi connectivity index (χ0v) is 18.1. The van der Waals surface area contributed by atoms with E-state index in [2.05, 4.69) is 5.32 Å². The lowest BCUT2D eigenvalue weighted by Gasteiger charge is -2.47. The molecule has 2 aromatic rings. The molecular formula is C25H30N2O5. The Labute approximate surface area is 188 Å².